The molecule has 1 unspecified atom stereocenters. The molecule has 0 aromatic heterocycles. The van der Waals surface area contributed by atoms with Crippen molar-refractivity contribution in [2.24, 2.45) is 0 Å². The van der Waals surface area contributed by atoms with Gasteiger partial charge in [0.05, 0.1) is 0 Å². The second-order valence-corrected chi connectivity index (χ2v) is 6.29. The van der Waals surface area contributed by atoms with E-state index < -0.39 is 6.04 Å². The van der Waals surface area contributed by atoms with Gasteiger partial charge in [0.25, 0.3) is 0 Å². The van der Waals surface area contributed by atoms with Crippen molar-refractivity contribution in [3.8, 4) is 0 Å². The molecule has 26 heavy (non-hydrogen) atoms. The average molecular weight is 361 g/mol. The van der Waals surface area contributed by atoms with E-state index in [1.807, 2.05) is 24.5 Å². The summed E-state index contributed by atoms with van der Waals surface area (Å²) < 4.78 is 0. The maximum Gasteiger partial charge on any atom is 0.249 e. The van der Waals surface area contributed by atoms with E-state index in [1.165, 1.54) is 6.42 Å². The Morgan fingerprint density at radius 2 is 1.46 bits per heavy atom. The van der Waals surface area contributed by atoms with Gasteiger partial charge in [-0.3, -0.25) is 14.9 Å². The monoisotopic (exact) mass is 360 g/mol. The van der Waals surface area contributed by atoms with Gasteiger partial charge in [0, 0.05) is 11.3 Å². The van der Waals surface area contributed by atoms with Gasteiger partial charge in [-0.25, -0.2) is 0 Å². The number of nitrogens with zero attached hydrogens (tertiary/aromatic N) is 1. The fraction of sp³-hybridized carbons (Fsp3) is 0.591. The number of carbonyl (C=O) groups excluding carboxylic acids is 1. The molecular weight excluding hydrogens is 326 g/mol. The second kappa shape index (κ2) is 19.4. The molecule has 4 heteroatoms. The summed E-state index contributed by atoms with van der Waals surface area (Å²) in [5.74, 6) is 0. The molecule has 0 aromatic carbocycles. The molecule has 0 amide bonds. The summed E-state index contributed by atoms with van der Waals surface area (Å²) in [6.07, 6.45) is 28.1. The van der Waals surface area contributed by atoms with Crippen molar-refractivity contribution >= 4 is 6.29 Å². The Hall–Kier alpha value is -1.97. The van der Waals surface area contributed by atoms with Gasteiger partial charge < -0.3 is 0 Å². The minimum absolute atomic E-state index is 0.258. The fourth-order valence-corrected chi connectivity index (χ4v) is 2.37. The molecule has 1 atom stereocenters. The van der Waals surface area contributed by atoms with E-state index in [0.29, 0.717) is 12.8 Å². The first kappa shape index (κ1) is 24.0. The normalized spacial score (nSPS) is 13.4. The van der Waals surface area contributed by atoms with Gasteiger partial charge in [0.1, 0.15) is 0 Å². The van der Waals surface area contributed by atoms with Crippen LogP contribution in [-0.2, 0) is 4.79 Å². The number of rotatable bonds is 17. The molecule has 0 rings (SSSR count). The van der Waals surface area contributed by atoms with E-state index in [9.17, 15) is 14.9 Å². The van der Waals surface area contributed by atoms with Gasteiger partial charge in [-0.15, -0.1) is 0 Å². The number of hydrogen-bond donors (Lipinski definition) is 0. The first-order chi connectivity index (χ1) is 12.7. The molecule has 0 fully saturated rings. The molecule has 0 aliphatic carbocycles. The third-order valence-electron chi connectivity index (χ3n) is 3.91. The number of unbranched alkanes of at least 4 members (excludes halogenated alkanes) is 7. The Kier molecular flexibility index (Phi) is 17.9. The summed E-state index contributed by atoms with van der Waals surface area (Å²) in [6.45, 7) is 2.15. The van der Waals surface area contributed by atoms with E-state index in [0.717, 1.165) is 51.4 Å². The van der Waals surface area contributed by atoms with Gasteiger partial charge in [0.15, 0.2) is 6.29 Å². The maximum absolute atomic E-state index is 11.0. The molecule has 145 valence electrons. The highest BCUT2D eigenvalue weighted by molar-refractivity contribution is 5.50. The van der Waals surface area contributed by atoms with Crippen LogP contribution in [-0.4, -0.2) is 17.3 Å². The highest BCUT2D eigenvalue weighted by Gasteiger charge is 2.09. The highest BCUT2D eigenvalue weighted by Crippen LogP contribution is 2.04. The molecule has 0 spiro atoms. The Morgan fingerprint density at radius 3 is 2.15 bits per heavy atom. The van der Waals surface area contributed by atoms with Crippen molar-refractivity contribution in [3.63, 3.8) is 0 Å². The quantitative estimate of drug-likeness (QED) is 0.133. The first-order valence-corrected chi connectivity index (χ1v) is 9.84. The van der Waals surface area contributed by atoms with Crippen LogP contribution in [0.3, 0.4) is 0 Å². The van der Waals surface area contributed by atoms with Crippen LogP contribution in [0.5, 0.6) is 0 Å². The van der Waals surface area contributed by atoms with Crippen LogP contribution in [0.15, 0.2) is 48.6 Å². The van der Waals surface area contributed by atoms with Crippen LogP contribution >= 0.6 is 0 Å². The van der Waals surface area contributed by atoms with Gasteiger partial charge in [-0.05, 0) is 57.1 Å². The molecule has 0 aromatic rings. The van der Waals surface area contributed by atoms with Gasteiger partial charge in [-0.2, -0.15) is 0 Å². The smallest absolute Gasteiger partial charge is 0.249 e. The zero-order valence-corrected chi connectivity index (χ0v) is 16.1. The van der Waals surface area contributed by atoms with Crippen molar-refractivity contribution in [3.05, 3.63) is 58.7 Å². The zero-order chi connectivity index (χ0) is 19.3. The predicted octanol–water partition coefficient (Wildman–Crippen LogP) is 6.28. The predicted molar refractivity (Wildman–Crippen MR) is 109 cm³/mol. The molecule has 4 nitrogen and oxygen atoms in total. The van der Waals surface area contributed by atoms with Crippen molar-refractivity contribution < 1.29 is 9.72 Å². The number of hydrogen-bond acceptors (Lipinski definition) is 3. The summed E-state index contributed by atoms with van der Waals surface area (Å²) in [5.41, 5.74) is 0. The van der Waals surface area contributed by atoms with Crippen LogP contribution < -0.4 is 0 Å². The van der Waals surface area contributed by atoms with Crippen LogP contribution in [0.4, 0.5) is 0 Å². The largest absolute Gasteiger partial charge is 0.291 e. The average Bonchev–Trinajstić information content (AvgIpc) is 2.63. The maximum atomic E-state index is 11.0. The molecule has 0 bridgehead atoms. The summed E-state index contributed by atoms with van der Waals surface area (Å²) in [5, 5.41) is 11.0. The zero-order valence-electron chi connectivity index (χ0n) is 16.1. The third kappa shape index (κ3) is 16.9. The molecular formula is C22H34NO3. The minimum Gasteiger partial charge on any atom is -0.291 e. The number of nitro groups is 1. The molecule has 0 saturated carbocycles. The number of allylic oxidation sites excluding steroid dienone is 6. The van der Waals surface area contributed by atoms with Crippen molar-refractivity contribution in [1.82, 2.24) is 0 Å². The Morgan fingerprint density at radius 1 is 0.846 bits per heavy atom. The Bertz CT molecular complexity index is 464. The Labute approximate surface area is 158 Å². The lowest BCUT2D eigenvalue weighted by Gasteiger charge is -1.98. The van der Waals surface area contributed by atoms with E-state index in [2.05, 4.69) is 25.2 Å². The summed E-state index contributed by atoms with van der Waals surface area (Å²) >= 11 is 0. The lowest BCUT2D eigenvalue weighted by molar-refractivity contribution is -0.496. The van der Waals surface area contributed by atoms with E-state index >= 15 is 0 Å². The molecule has 0 aliphatic heterocycles. The molecule has 0 aliphatic rings. The summed E-state index contributed by atoms with van der Waals surface area (Å²) in [7, 11) is 0. The molecule has 0 saturated heterocycles. The topological polar surface area (TPSA) is 60.2 Å². The summed E-state index contributed by atoms with van der Waals surface area (Å²) in [6, 6.07) is -0.721. The standard InChI is InChI=1S/C22H34NO3/c1-2-3-4-13-16-19-22(23(25)26)20-17-14-11-9-7-5-6-8-10-12-15-18-21-24/h5-6,9,11,16-17,19-20,22H,2-4,7-8,10,12-15,18H2,1H3/b6-5-,11-9-,19-16+,20-17-. The first-order valence-electron chi connectivity index (χ1n) is 9.84. The van der Waals surface area contributed by atoms with Gasteiger partial charge in [-0.1, -0.05) is 62.6 Å². The van der Waals surface area contributed by atoms with Crippen LogP contribution in [0.1, 0.15) is 77.6 Å². The van der Waals surface area contributed by atoms with Crippen molar-refractivity contribution in [2.75, 3.05) is 0 Å². The van der Waals surface area contributed by atoms with E-state index in [-0.39, 0.29) is 4.92 Å². The van der Waals surface area contributed by atoms with E-state index in [4.69, 9.17) is 0 Å². The van der Waals surface area contributed by atoms with Crippen LogP contribution in [0.25, 0.3) is 0 Å². The molecule has 1 radical (unpaired) electrons. The SMILES string of the molecule is CCCCC/C=C/C(/C=C\C/C=C\C/C=C\CCCCC[C]=O)[N+](=O)[O-]. The second-order valence-electron chi connectivity index (χ2n) is 6.29. The fourth-order valence-electron chi connectivity index (χ4n) is 2.37. The van der Waals surface area contributed by atoms with E-state index in [1.54, 1.807) is 12.2 Å². The highest BCUT2D eigenvalue weighted by atomic mass is 16.6. The van der Waals surface area contributed by atoms with Crippen molar-refractivity contribution in [1.29, 1.82) is 0 Å². The van der Waals surface area contributed by atoms with Gasteiger partial charge in [0.2, 0.25) is 6.04 Å². The third-order valence-corrected chi connectivity index (χ3v) is 3.91. The molecule has 0 heterocycles. The van der Waals surface area contributed by atoms with Crippen molar-refractivity contribution in [2.45, 2.75) is 83.6 Å². The Balaban J connectivity index is 3.86. The molecule has 0 N–H and O–H groups in total. The van der Waals surface area contributed by atoms with Crippen LogP contribution in [0, 0.1) is 10.1 Å². The van der Waals surface area contributed by atoms with Gasteiger partial charge >= 0.3 is 0 Å². The summed E-state index contributed by atoms with van der Waals surface area (Å²) in [4.78, 5) is 20.8. The van der Waals surface area contributed by atoms with Crippen LogP contribution in [0.2, 0.25) is 0 Å². The lowest BCUT2D eigenvalue weighted by Crippen LogP contribution is -2.13. The minimum atomic E-state index is -0.721. The lowest BCUT2D eigenvalue weighted by atomic mass is 10.1.